The van der Waals surface area contributed by atoms with Gasteiger partial charge in [0.2, 0.25) is 5.91 Å². The average molecular weight is 451 g/mol. The number of hydrogen-bond donors (Lipinski definition) is 2. The van der Waals surface area contributed by atoms with Crippen molar-refractivity contribution in [3.63, 3.8) is 0 Å². The number of carbonyl (C=O) groups is 1. The van der Waals surface area contributed by atoms with E-state index in [2.05, 4.69) is 45.3 Å². The highest BCUT2D eigenvalue weighted by atomic mass is 16.5. The highest BCUT2D eigenvalue weighted by Crippen LogP contribution is 2.48. The minimum atomic E-state index is -0.314. The summed E-state index contributed by atoms with van der Waals surface area (Å²) in [5, 5.41) is 7.37. The van der Waals surface area contributed by atoms with Crippen LogP contribution in [0, 0.1) is 0 Å². The maximum atomic E-state index is 12.8. The van der Waals surface area contributed by atoms with E-state index in [1.165, 1.54) is 32.1 Å². The van der Waals surface area contributed by atoms with Gasteiger partial charge in [0.15, 0.2) is 0 Å². The second-order valence-corrected chi connectivity index (χ2v) is 11.8. The molecule has 4 fully saturated rings. The van der Waals surface area contributed by atoms with Crippen molar-refractivity contribution < 1.29 is 14.3 Å². The summed E-state index contributed by atoms with van der Waals surface area (Å²) in [4.78, 5) is 12.8. The van der Waals surface area contributed by atoms with Crippen LogP contribution in [-0.4, -0.2) is 41.0 Å². The Balaban J connectivity index is 1.48. The van der Waals surface area contributed by atoms with Crippen molar-refractivity contribution >= 4 is 5.91 Å². The second-order valence-electron chi connectivity index (χ2n) is 11.8. The summed E-state index contributed by atoms with van der Waals surface area (Å²) in [6.45, 7) is 11.2. The van der Waals surface area contributed by atoms with Crippen LogP contribution in [0.4, 0.5) is 0 Å². The molecular formula is C27H50N2O3. The molecule has 0 radical (unpaired) electrons. The fourth-order valence-electron chi connectivity index (χ4n) is 6.10. The van der Waals surface area contributed by atoms with Crippen molar-refractivity contribution in [2.45, 2.75) is 159 Å². The van der Waals surface area contributed by atoms with Crippen LogP contribution in [0.25, 0.3) is 0 Å². The van der Waals surface area contributed by atoms with Gasteiger partial charge in [-0.15, -0.1) is 0 Å². The molecule has 0 aromatic carbocycles. The van der Waals surface area contributed by atoms with Gasteiger partial charge in [-0.3, -0.25) is 10.1 Å². The van der Waals surface area contributed by atoms with Gasteiger partial charge < -0.3 is 14.8 Å². The van der Waals surface area contributed by atoms with E-state index in [0.29, 0.717) is 0 Å². The summed E-state index contributed by atoms with van der Waals surface area (Å²) < 4.78 is 12.6. The van der Waals surface area contributed by atoms with Gasteiger partial charge in [-0.05, 0) is 85.0 Å². The Hall–Kier alpha value is -0.650. The Labute approximate surface area is 197 Å². The van der Waals surface area contributed by atoms with E-state index >= 15 is 0 Å². The number of rotatable bonds is 10. The lowest BCUT2D eigenvalue weighted by molar-refractivity contribution is -0.171. The van der Waals surface area contributed by atoms with Crippen LogP contribution in [0.15, 0.2) is 0 Å². The largest absolute Gasteiger partial charge is 0.368 e. The Morgan fingerprint density at radius 2 is 1.38 bits per heavy atom. The van der Waals surface area contributed by atoms with Crippen molar-refractivity contribution in [1.82, 2.24) is 10.6 Å². The number of ether oxygens (including phenoxy) is 2. The quantitative estimate of drug-likeness (QED) is 0.401. The maximum Gasteiger partial charge on any atom is 0.246 e. The molecule has 0 spiro atoms. The molecule has 0 aromatic rings. The highest BCUT2D eigenvalue weighted by Gasteiger charge is 2.51. The van der Waals surface area contributed by atoms with Crippen LogP contribution in [0.2, 0.25) is 0 Å². The van der Waals surface area contributed by atoms with Crippen LogP contribution in [0.3, 0.4) is 0 Å². The molecule has 2 bridgehead atoms. The van der Waals surface area contributed by atoms with Gasteiger partial charge in [0, 0.05) is 11.1 Å². The second kappa shape index (κ2) is 10.7. The van der Waals surface area contributed by atoms with Crippen molar-refractivity contribution in [3.8, 4) is 0 Å². The summed E-state index contributed by atoms with van der Waals surface area (Å²) in [6.07, 6.45) is 17.3. The molecule has 0 aliphatic heterocycles. The van der Waals surface area contributed by atoms with Gasteiger partial charge in [-0.1, -0.05) is 46.0 Å². The van der Waals surface area contributed by atoms with Gasteiger partial charge in [0.05, 0.1) is 11.7 Å². The van der Waals surface area contributed by atoms with Crippen LogP contribution in [0.1, 0.15) is 131 Å². The molecule has 1 atom stereocenters. The van der Waals surface area contributed by atoms with E-state index in [1.54, 1.807) is 0 Å². The fraction of sp³-hybridized carbons (Fsp3) is 0.963. The molecule has 0 heterocycles. The average Bonchev–Trinajstić information content (AvgIpc) is 2.74. The predicted octanol–water partition coefficient (Wildman–Crippen LogP) is 6.00. The summed E-state index contributed by atoms with van der Waals surface area (Å²) >= 11 is 0. The minimum absolute atomic E-state index is 0.0308. The van der Waals surface area contributed by atoms with Gasteiger partial charge in [0.1, 0.15) is 12.3 Å². The molecule has 0 saturated heterocycles. The van der Waals surface area contributed by atoms with E-state index in [9.17, 15) is 4.79 Å². The molecule has 1 amide bonds. The van der Waals surface area contributed by atoms with Crippen molar-refractivity contribution in [2.24, 2.45) is 0 Å². The molecule has 4 aliphatic rings. The molecular weight excluding hydrogens is 400 g/mol. The third-order valence-corrected chi connectivity index (χ3v) is 8.71. The molecule has 186 valence electrons. The number of fused-ring (bicyclic) bond motifs is 3. The predicted molar refractivity (Wildman–Crippen MR) is 131 cm³/mol. The molecule has 4 saturated carbocycles. The first-order valence-electron chi connectivity index (χ1n) is 13.5. The molecule has 32 heavy (non-hydrogen) atoms. The third-order valence-electron chi connectivity index (χ3n) is 8.71. The van der Waals surface area contributed by atoms with Crippen molar-refractivity contribution in [2.75, 3.05) is 6.61 Å². The first kappa shape index (κ1) is 26.0. The molecule has 5 nitrogen and oxygen atoms in total. The van der Waals surface area contributed by atoms with Crippen molar-refractivity contribution in [1.29, 1.82) is 0 Å². The Morgan fingerprint density at radius 1 is 0.844 bits per heavy atom. The van der Waals surface area contributed by atoms with E-state index in [4.69, 9.17) is 9.47 Å². The Kier molecular flexibility index (Phi) is 8.71. The number of hydrogen-bond acceptors (Lipinski definition) is 4. The molecule has 1 unspecified atom stereocenters. The monoisotopic (exact) mass is 450 g/mol. The van der Waals surface area contributed by atoms with Crippen LogP contribution in [0.5, 0.6) is 0 Å². The molecule has 2 N–H and O–H groups in total. The lowest BCUT2D eigenvalue weighted by atomic mass is 9.61. The van der Waals surface area contributed by atoms with Gasteiger partial charge in [-0.2, -0.15) is 0 Å². The molecule has 4 rings (SSSR count). The summed E-state index contributed by atoms with van der Waals surface area (Å²) in [5.41, 5.74) is -0.342. The normalized spacial score (nSPS) is 31.5. The zero-order valence-electron chi connectivity index (χ0n) is 21.6. The van der Waals surface area contributed by atoms with Crippen molar-refractivity contribution in [3.05, 3.63) is 0 Å². The first-order chi connectivity index (χ1) is 15.1. The Morgan fingerprint density at radius 3 is 1.91 bits per heavy atom. The van der Waals surface area contributed by atoms with Gasteiger partial charge >= 0.3 is 0 Å². The van der Waals surface area contributed by atoms with Gasteiger partial charge in [0.25, 0.3) is 0 Å². The standard InChI is InChI=1S/C27H50N2O3/c1-6-24(3,4)32-25(5,7-2)29-27-18-15-26(16-19-27,17-20-27)28-23(30)21-31-22-13-11-9-8-10-12-14-22/h22,29H,6-21H2,1-5H3,(H,28,30). The SMILES string of the molecule is CCC(C)(C)OC(C)(CC)NC12CCC(NC(=O)COC3CCCCCCC3)(CC1)CC2. The topological polar surface area (TPSA) is 59.6 Å². The summed E-state index contributed by atoms with van der Waals surface area (Å²) in [7, 11) is 0. The van der Waals surface area contributed by atoms with Crippen LogP contribution in [-0.2, 0) is 14.3 Å². The summed E-state index contributed by atoms with van der Waals surface area (Å²) in [5.74, 6) is 0.0841. The minimum Gasteiger partial charge on any atom is -0.368 e. The lowest BCUT2D eigenvalue weighted by Gasteiger charge is -2.57. The fourth-order valence-corrected chi connectivity index (χ4v) is 6.10. The van der Waals surface area contributed by atoms with E-state index < -0.39 is 0 Å². The smallest absolute Gasteiger partial charge is 0.246 e. The van der Waals surface area contributed by atoms with E-state index in [0.717, 1.165) is 64.2 Å². The van der Waals surface area contributed by atoms with E-state index in [-0.39, 0.29) is 41.0 Å². The highest BCUT2D eigenvalue weighted by molar-refractivity contribution is 5.78. The zero-order chi connectivity index (χ0) is 23.3. The first-order valence-corrected chi connectivity index (χ1v) is 13.5. The van der Waals surface area contributed by atoms with Gasteiger partial charge in [-0.25, -0.2) is 0 Å². The number of nitrogens with one attached hydrogen (secondary N) is 2. The molecule has 4 aliphatic carbocycles. The van der Waals surface area contributed by atoms with Crippen LogP contribution >= 0.6 is 0 Å². The van der Waals surface area contributed by atoms with Crippen LogP contribution < -0.4 is 10.6 Å². The number of amides is 1. The van der Waals surface area contributed by atoms with E-state index in [1.807, 2.05) is 0 Å². The number of carbonyl (C=O) groups excluding carboxylic acids is 1. The summed E-state index contributed by atoms with van der Waals surface area (Å²) in [6, 6.07) is 0. The lowest BCUT2D eigenvalue weighted by Crippen LogP contribution is -2.67. The Bertz CT molecular complexity index is 587. The molecule has 5 heteroatoms. The third kappa shape index (κ3) is 6.93. The maximum absolute atomic E-state index is 12.8. The molecule has 0 aromatic heterocycles. The zero-order valence-corrected chi connectivity index (χ0v) is 21.6.